The van der Waals surface area contributed by atoms with Gasteiger partial charge in [0, 0.05) is 0 Å². The number of amides is 1. The fourth-order valence-electron chi connectivity index (χ4n) is 1.12. The molecule has 0 saturated carbocycles. The van der Waals surface area contributed by atoms with Crippen molar-refractivity contribution in [2.75, 3.05) is 0 Å². The van der Waals surface area contributed by atoms with Gasteiger partial charge in [-0.3, -0.25) is 0 Å². The molecule has 1 aliphatic heterocycles. The summed E-state index contributed by atoms with van der Waals surface area (Å²) in [6.07, 6.45) is 3.98. The molecule has 0 aromatic carbocycles. The Balaban J connectivity index is 2.54. The van der Waals surface area contributed by atoms with Crippen LogP contribution in [0.3, 0.4) is 0 Å². The van der Waals surface area contributed by atoms with Crippen LogP contribution in [0.4, 0.5) is 0 Å². The zero-order valence-corrected chi connectivity index (χ0v) is 8.31. The zero-order chi connectivity index (χ0) is 7.40. The van der Waals surface area contributed by atoms with Crippen molar-refractivity contribution in [2.45, 2.75) is 25.7 Å². The van der Waals surface area contributed by atoms with Crippen LogP contribution >= 0.6 is 0 Å². The second-order valence-electron chi connectivity index (χ2n) is 2.57. The third-order valence-corrected chi connectivity index (χ3v) is 2.45. The van der Waals surface area contributed by atoms with Gasteiger partial charge in [-0.15, -0.1) is 0 Å². The molecule has 1 saturated heterocycles. The Hall–Kier alpha value is 0.210. The van der Waals surface area contributed by atoms with E-state index in [9.17, 15) is 4.79 Å². The van der Waals surface area contributed by atoms with Gasteiger partial charge in [0.25, 0.3) is 0 Å². The van der Waals surface area contributed by atoms with E-state index < -0.39 is 0 Å². The molecule has 1 fully saturated rings. The summed E-state index contributed by atoms with van der Waals surface area (Å²) in [4.78, 5) is 10.9. The van der Waals surface area contributed by atoms with E-state index in [1.165, 1.54) is 0 Å². The van der Waals surface area contributed by atoms with Crippen LogP contribution in [0.1, 0.15) is 25.7 Å². The van der Waals surface area contributed by atoms with Gasteiger partial charge in [0.15, 0.2) is 0 Å². The number of rotatable bonds is 0. The maximum absolute atomic E-state index is 10.9. The van der Waals surface area contributed by atoms with Crippen molar-refractivity contribution < 1.29 is 4.79 Å². The minimum absolute atomic E-state index is 0.194. The molecule has 1 rings (SSSR count). The predicted molar refractivity (Wildman–Crippen MR) is 40.4 cm³/mol. The first-order valence-electron chi connectivity index (χ1n) is 3.78. The Kier molecular flexibility index (Phi) is 3.46. The fourth-order valence-corrected chi connectivity index (χ4v) is 1.55. The van der Waals surface area contributed by atoms with Gasteiger partial charge >= 0.3 is 78.7 Å². The molecule has 1 N–H and O–H groups in total. The van der Waals surface area contributed by atoms with Gasteiger partial charge in [0.2, 0.25) is 0 Å². The van der Waals surface area contributed by atoms with Gasteiger partial charge in [-0.1, -0.05) is 0 Å². The quantitative estimate of drug-likeness (QED) is 0.502. The summed E-state index contributed by atoms with van der Waals surface area (Å²) >= 11 is 1.04. The molecule has 1 aliphatic rings. The van der Waals surface area contributed by atoms with Crippen LogP contribution in [0, 0.1) is 0 Å². The summed E-state index contributed by atoms with van der Waals surface area (Å²) in [6, 6.07) is 0. The molecule has 0 aromatic rings. The number of allylic oxidation sites excluding steroid dienone is 1. The van der Waals surface area contributed by atoms with E-state index in [0.717, 1.165) is 52.9 Å². The minimum atomic E-state index is 0.194. The first-order valence-corrected chi connectivity index (χ1v) is 4.93. The second kappa shape index (κ2) is 4.16. The molecule has 10 heavy (non-hydrogen) atoms. The Bertz CT molecular complexity index is 165. The van der Waals surface area contributed by atoms with Crippen molar-refractivity contribution in [1.29, 1.82) is 0 Å². The molecule has 0 bridgehead atoms. The molecule has 3 heteroatoms. The molecule has 0 aliphatic carbocycles. The van der Waals surface area contributed by atoms with Gasteiger partial charge in [-0.05, 0) is 0 Å². The molecule has 0 unspecified atom stereocenters. The molecule has 1 heterocycles. The average molecular weight is 147 g/mol. The fraction of sp³-hybridized carbons (Fsp3) is 0.571. The van der Waals surface area contributed by atoms with Crippen LogP contribution in [0.5, 0.6) is 0 Å². The van der Waals surface area contributed by atoms with Crippen LogP contribution in [-0.2, 0) is 4.79 Å². The van der Waals surface area contributed by atoms with E-state index in [2.05, 4.69) is 8.64 Å². The molecule has 2 nitrogen and oxygen atoms in total. The molecule has 50 valence electrons. The molecule has 1 amide bonds. The van der Waals surface area contributed by atoms with E-state index in [1.807, 2.05) is 0 Å². The summed E-state index contributed by atoms with van der Waals surface area (Å²) in [5.41, 5.74) is 1.15. The van der Waals surface area contributed by atoms with Crippen LogP contribution in [-0.4, -0.2) is 33.8 Å². The van der Waals surface area contributed by atoms with E-state index in [0.29, 0.717) is 6.42 Å². The van der Waals surface area contributed by atoms with E-state index >= 15 is 0 Å². The third-order valence-electron chi connectivity index (χ3n) is 1.75. The molecule has 0 radical (unpaired) electrons. The number of carbonyl (C=O) groups excluding carboxylic acids is 1. The van der Waals surface area contributed by atoms with Gasteiger partial charge in [0.05, 0.1) is 0 Å². The first-order chi connectivity index (χ1) is 4.83. The second-order valence-corrected chi connectivity index (χ2v) is 3.15. The zero-order valence-electron chi connectivity index (χ0n) is 6.31. The number of hydrogen-bond donors (Lipinski definition) is 1. The van der Waals surface area contributed by atoms with E-state index in [4.69, 9.17) is 0 Å². The monoisotopic (exact) mass is 147 g/mol. The summed E-state index contributed by atoms with van der Waals surface area (Å²) < 4.78 is 2.11. The topological polar surface area (TPSA) is 29.1 Å². The van der Waals surface area contributed by atoms with Crippen molar-refractivity contribution >= 4 is 33.8 Å². The van der Waals surface area contributed by atoms with Crippen LogP contribution in [0.2, 0.25) is 0 Å². The third kappa shape index (κ3) is 2.45. The summed E-state index contributed by atoms with van der Waals surface area (Å²) in [5, 5.41) is 2.89. The van der Waals surface area contributed by atoms with Crippen LogP contribution in [0.15, 0.2) is 9.02 Å². The van der Waals surface area contributed by atoms with Gasteiger partial charge in [-0.2, -0.15) is 0 Å². The molecular weight excluding hydrogens is 137 g/mol. The standard InChI is InChI=1S/C7H10NO.Na/c1-6-4-2-3-5-7(9)8-6;/h1H,2-5H2,(H,8,9);. The predicted octanol–water partition coefficient (Wildman–Crippen LogP) is 0.686. The summed E-state index contributed by atoms with van der Waals surface area (Å²) in [6.45, 7) is 0. The van der Waals surface area contributed by atoms with Gasteiger partial charge in [-0.25, -0.2) is 0 Å². The Morgan fingerprint density at radius 3 is 2.80 bits per heavy atom. The van der Waals surface area contributed by atoms with E-state index in [1.54, 1.807) is 0 Å². The average Bonchev–Trinajstić information content (AvgIpc) is 2.13. The van der Waals surface area contributed by atoms with Crippen LogP contribution in [0.25, 0.3) is 0 Å². The van der Waals surface area contributed by atoms with Crippen molar-refractivity contribution in [3.8, 4) is 0 Å². The van der Waals surface area contributed by atoms with Crippen molar-refractivity contribution in [3.63, 3.8) is 0 Å². The Morgan fingerprint density at radius 1 is 1.40 bits per heavy atom. The Morgan fingerprint density at radius 2 is 2.10 bits per heavy atom. The van der Waals surface area contributed by atoms with Crippen LogP contribution < -0.4 is 5.32 Å². The molecule has 0 atom stereocenters. The van der Waals surface area contributed by atoms with Gasteiger partial charge in [0.1, 0.15) is 0 Å². The molecule has 0 aromatic heterocycles. The number of hydrogen-bond acceptors (Lipinski definition) is 1. The van der Waals surface area contributed by atoms with E-state index in [-0.39, 0.29) is 5.91 Å². The van der Waals surface area contributed by atoms with Crippen molar-refractivity contribution in [3.05, 3.63) is 9.02 Å². The maximum atomic E-state index is 10.9. The molecule has 0 spiro atoms. The SMILES string of the molecule is O=C1CCCCC(=[CH][Na])N1. The normalized spacial score (nSPS) is 24.2. The summed E-state index contributed by atoms with van der Waals surface area (Å²) in [5.74, 6) is 0.194. The van der Waals surface area contributed by atoms with Crippen molar-refractivity contribution in [1.82, 2.24) is 5.32 Å². The number of carbonyl (C=O) groups is 1. The Labute approximate surface area is 78.5 Å². The number of nitrogens with one attached hydrogen (secondary N) is 1. The summed E-state index contributed by atoms with van der Waals surface area (Å²) in [7, 11) is 0. The van der Waals surface area contributed by atoms with Gasteiger partial charge < -0.3 is 0 Å². The van der Waals surface area contributed by atoms with Crippen molar-refractivity contribution in [2.24, 2.45) is 0 Å². The molecular formula is C7H10NNaO. The first kappa shape index (κ1) is 8.31.